The van der Waals surface area contributed by atoms with Gasteiger partial charge in [-0.3, -0.25) is 0 Å². The van der Waals surface area contributed by atoms with Crippen LogP contribution in [0.3, 0.4) is 0 Å². The third-order valence-electron chi connectivity index (χ3n) is 2.94. The third kappa shape index (κ3) is 2.84. The topological polar surface area (TPSA) is 43.4 Å². The highest BCUT2D eigenvalue weighted by Gasteiger charge is 2.11. The molecule has 20 heavy (non-hydrogen) atoms. The van der Waals surface area contributed by atoms with Gasteiger partial charge in [-0.05, 0) is 35.9 Å². The summed E-state index contributed by atoms with van der Waals surface area (Å²) in [4.78, 5) is 0.267. The third-order valence-corrected chi connectivity index (χ3v) is 4.05. The van der Waals surface area contributed by atoms with E-state index in [2.05, 4.69) is 5.92 Å². The lowest BCUT2D eigenvalue weighted by atomic mass is 10.0. The van der Waals surface area contributed by atoms with Crippen molar-refractivity contribution in [3.05, 3.63) is 48.0 Å². The molecule has 2 aromatic carbocycles. The van der Waals surface area contributed by atoms with Crippen molar-refractivity contribution in [1.82, 2.24) is 0 Å². The molecule has 0 atom stereocenters. The molecular weight excluding hydrogens is 272 g/mol. The van der Waals surface area contributed by atoms with Crippen LogP contribution in [0.4, 0.5) is 0 Å². The van der Waals surface area contributed by atoms with Crippen molar-refractivity contribution in [3.8, 4) is 29.2 Å². The summed E-state index contributed by atoms with van der Waals surface area (Å²) in [6.45, 7) is 0. The lowest BCUT2D eigenvalue weighted by Gasteiger charge is -2.10. The van der Waals surface area contributed by atoms with E-state index in [4.69, 9.17) is 11.2 Å². The van der Waals surface area contributed by atoms with Crippen LogP contribution in [0.5, 0.6) is 5.75 Å². The second-order valence-electron chi connectivity index (χ2n) is 4.36. The molecule has 2 rings (SSSR count). The largest absolute Gasteiger partial charge is 0.496 e. The van der Waals surface area contributed by atoms with Gasteiger partial charge in [-0.2, -0.15) is 0 Å². The number of terminal acetylenes is 1. The van der Waals surface area contributed by atoms with Crippen molar-refractivity contribution in [1.29, 1.82) is 0 Å². The van der Waals surface area contributed by atoms with Gasteiger partial charge in [0.2, 0.25) is 0 Å². The molecule has 0 spiro atoms. The summed E-state index contributed by atoms with van der Waals surface area (Å²) < 4.78 is 28.6. The number of methoxy groups -OCH3 is 1. The van der Waals surface area contributed by atoms with Gasteiger partial charge in [0, 0.05) is 17.4 Å². The average molecular weight is 286 g/mol. The second kappa shape index (κ2) is 5.40. The minimum Gasteiger partial charge on any atom is -0.496 e. The Morgan fingerprint density at radius 3 is 2.50 bits per heavy atom. The summed E-state index contributed by atoms with van der Waals surface area (Å²) in [6, 6.07) is 12.1. The molecule has 4 heteroatoms. The van der Waals surface area contributed by atoms with E-state index < -0.39 is 9.84 Å². The van der Waals surface area contributed by atoms with Gasteiger partial charge >= 0.3 is 0 Å². The van der Waals surface area contributed by atoms with E-state index >= 15 is 0 Å². The maximum atomic E-state index is 11.6. The molecule has 2 aromatic rings. The predicted octanol–water partition coefficient (Wildman–Crippen LogP) is 2.75. The van der Waals surface area contributed by atoms with Crippen LogP contribution in [0.15, 0.2) is 47.4 Å². The zero-order valence-corrected chi connectivity index (χ0v) is 12.1. The Hall–Kier alpha value is -2.25. The lowest BCUT2D eigenvalue weighted by Crippen LogP contribution is -1.97. The summed E-state index contributed by atoms with van der Waals surface area (Å²) in [5.74, 6) is 3.21. The van der Waals surface area contributed by atoms with Gasteiger partial charge in [0.15, 0.2) is 9.84 Å². The lowest BCUT2D eigenvalue weighted by molar-refractivity contribution is 0.416. The van der Waals surface area contributed by atoms with E-state index in [9.17, 15) is 8.42 Å². The van der Waals surface area contributed by atoms with Crippen LogP contribution >= 0.6 is 0 Å². The fourth-order valence-corrected chi connectivity index (χ4v) is 2.58. The fourth-order valence-electron chi connectivity index (χ4n) is 1.92. The van der Waals surface area contributed by atoms with Crippen molar-refractivity contribution >= 4 is 9.84 Å². The van der Waals surface area contributed by atoms with Crippen LogP contribution in [-0.4, -0.2) is 21.8 Å². The molecule has 0 unspecified atom stereocenters. The van der Waals surface area contributed by atoms with Crippen molar-refractivity contribution in [3.63, 3.8) is 0 Å². The van der Waals surface area contributed by atoms with Gasteiger partial charge in [-0.15, -0.1) is 6.42 Å². The van der Waals surface area contributed by atoms with Gasteiger partial charge < -0.3 is 4.74 Å². The van der Waals surface area contributed by atoms with Crippen LogP contribution in [0.1, 0.15) is 5.56 Å². The molecule has 0 saturated carbocycles. The average Bonchev–Trinajstić information content (AvgIpc) is 2.45. The molecule has 0 aliphatic heterocycles. The number of hydrogen-bond acceptors (Lipinski definition) is 3. The molecule has 0 heterocycles. The summed E-state index contributed by atoms with van der Waals surface area (Å²) >= 11 is 0. The summed E-state index contributed by atoms with van der Waals surface area (Å²) in [5.41, 5.74) is 2.24. The fraction of sp³-hybridized carbons (Fsp3) is 0.125. The molecule has 0 radical (unpaired) electrons. The first-order valence-electron chi connectivity index (χ1n) is 5.91. The van der Waals surface area contributed by atoms with E-state index in [-0.39, 0.29) is 4.90 Å². The highest BCUT2D eigenvalue weighted by Crippen LogP contribution is 2.32. The second-order valence-corrected chi connectivity index (χ2v) is 6.38. The van der Waals surface area contributed by atoms with E-state index in [1.54, 1.807) is 43.5 Å². The molecule has 0 fully saturated rings. The van der Waals surface area contributed by atoms with Crippen LogP contribution in [0.25, 0.3) is 11.1 Å². The zero-order valence-electron chi connectivity index (χ0n) is 11.3. The van der Waals surface area contributed by atoms with Crippen molar-refractivity contribution < 1.29 is 13.2 Å². The van der Waals surface area contributed by atoms with Crippen LogP contribution in [-0.2, 0) is 9.84 Å². The first kappa shape index (κ1) is 14.2. The normalized spacial score (nSPS) is 10.8. The van der Waals surface area contributed by atoms with E-state index in [1.165, 1.54) is 6.26 Å². The minimum atomic E-state index is -3.25. The Morgan fingerprint density at radius 2 is 1.90 bits per heavy atom. The highest BCUT2D eigenvalue weighted by molar-refractivity contribution is 7.90. The van der Waals surface area contributed by atoms with E-state index in [0.29, 0.717) is 11.3 Å². The Morgan fingerprint density at radius 1 is 1.15 bits per heavy atom. The SMILES string of the molecule is C#Cc1ccc(OC)c(-c2cccc(S(C)(=O)=O)c2)c1. The number of hydrogen-bond donors (Lipinski definition) is 0. The molecule has 0 saturated heterocycles. The zero-order chi connectivity index (χ0) is 14.8. The Labute approximate surface area is 119 Å². The van der Waals surface area contributed by atoms with Crippen molar-refractivity contribution in [2.75, 3.05) is 13.4 Å². The van der Waals surface area contributed by atoms with Gasteiger partial charge in [-0.1, -0.05) is 18.1 Å². The van der Waals surface area contributed by atoms with Crippen LogP contribution in [0.2, 0.25) is 0 Å². The van der Waals surface area contributed by atoms with Gasteiger partial charge in [-0.25, -0.2) is 8.42 Å². The molecule has 0 amide bonds. The summed E-state index contributed by atoms with van der Waals surface area (Å²) in [6.07, 6.45) is 6.58. The molecule has 102 valence electrons. The standard InChI is InChI=1S/C16H14O3S/c1-4-12-8-9-16(19-2)15(10-12)13-6-5-7-14(11-13)20(3,17)18/h1,5-11H,2-3H3. The highest BCUT2D eigenvalue weighted by atomic mass is 32.2. The monoisotopic (exact) mass is 286 g/mol. The predicted molar refractivity (Wildman–Crippen MR) is 79.5 cm³/mol. The molecule has 0 aromatic heterocycles. The maximum Gasteiger partial charge on any atom is 0.175 e. The van der Waals surface area contributed by atoms with E-state index in [1.807, 2.05) is 6.07 Å². The molecule has 3 nitrogen and oxygen atoms in total. The van der Waals surface area contributed by atoms with Crippen LogP contribution < -0.4 is 4.74 Å². The van der Waals surface area contributed by atoms with Crippen molar-refractivity contribution in [2.45, 2.75) is 4.90 Å². The summed E-state index contributed by atoms with van der Waals surface area (Å²) in [7, 11) is -1.69. The number of ether oxygens (including phenoxy) is 1. The molecule has 0 N–H and O–H groups in total. The number of rotatable bonds is 3. The van der Waals surface area contributed by atoms with Crippen LogP contribution in [0, 0.1) is 12.3 Å². The first-order chi connectivity index (χ1) is 9.45. The number of benzene rings is 2. The first-order valence-corrected chi connectivity index (χ1v) is 7.80. The Balaban J connectivity index is 2.65. The van der Waals surface area contributed by atoms with Gasteiger partial charge in [0.1, 0.15) is 5.75 Å². The quantitative estimate of drug-likeness (QED) is 0.815. The molecule has 0 aliphatic carbocycles. The minimum absolute atomic E-state index is 0.267. The van der Waals surface area contributed by atoms with Gasteiger partial charge in [0.25, 0.3) is 0 Å². The van der Waals surface area contributed by atoms with Gasteiger partial charge in [0.05, 0.1) is 12.0 Å². The Kier molecular flexibility index (Phi) is 3.82. The Bertz CT molecular complexity index is 784. The molecular formula is C16H14O3S. The van der Waals surface area contributed by atoms with E-state index in [0.717, 1.165) is 11.1 Å². The van der Waals surface area contributed by atoms with Crippen molar-refractivity contribution in [2.24, 2.45) is 0 Å². The smallest absolute Gasteiger partial charge is 0.175 e. The number of sulfone groups is 1. The molecule has 0 bridgehead atoms. The summed E-state index contributed by atoms with van der Waals surface area (Å²) in [5, 5.41) is 0. The maximum absolute atomic E-state index is 11.6. The molecule has 0 aliphatic rings.